The Morgan fingerprint density at radius 2 is 1.80 bits per heavy atom. The van der Waals surface area contributed by atoms with E-state index in [9.17, 15) is 4.79 Å². The van der Waals surface area contributed by atoms with Gasteiger partial charge in [-0.1, -0.05) is 12.8 Å². The Hall–Kier alpha value is -2.76. The maximum absolute atomic E-state index is 12.6. The molecule has 0 atom stereocenters. The zero-order valence-corrected chi connectivity index (χ0v) is 14.0. The Bertz CT molecular complexity index is 770. The standard InChI is InChI=1S/C19H21N3O3/c23-19(21-15-5-6-17-18(10-15)25-13-24-17)14-9-16(12-20-11-14)22-7-3-1-2-4-8-22/h5-6,9-12H,1-4,7-8,13H2,(H,21,23). The molecule has 1 aromatic heterocycles. The molecule has 0 bridgehead atoms. The van der Waals surface area contributed by atoms with Crippen molar-refractivity contribution < 1.29 is 14.3 Å². The first-order chi connectivity index (χ1) is 12.3. The van der Waals surface area contributed by atoms with Crippen LogP contribution in [-0.4, -0.2) is 30.8 Å². The lowest BCUT2D eigenvalue weighted by molar-refractivity contribution is 0.102. The molecule has 0 unspecified atom stereocenters. The van der Waals surface area contributed by atoms with Crippen molar-refractivity contribution in [2.45, 2.75) is 25.7 Å². The predicted molar refractivity (Wildman–Crippen MR) is 95.4 cm³/mol. The van der Waals surface area contributed by atoms with E-state index in [1.165, 1.54) is 25.7 Å². The van der Waals surface area contributed by atoms with Gasteiger partial charge in [0, 0.05) is 31.0 Å². The van der Waals surface area contributed by atoms with Crippen LogP contribution >= 0.6 is 0 Å². The molecule has 2 aliphatic rings. The van der Waals surface area contributed by atoms with Crippen LogP contribution in [0.3, 0.4) is 0 Å². The summed E-state index contributed by atoms with van der Waals surface area (Å²) in [6.07, 6.45) is 8.36. The number of aromatic nitrogens is 1. The van der Waals surface area contributed by atoms with Gasteiger partial charge in [0.2, 0.25) is 6.79 Å². The average molecular weight is 339 g/mol. The van der Waals surface area contributed by atoms with Crippen LogP contribution < -0.4 is 19.7 Å². The van der Waals surface area contributed by atoms with Gasteiger partial charge >= 0.3 is 0 Å². The summed E-state index contributed by atoms with van der Waals surface area (Å²) in [5.41, 5.74) is 2.24. The number of nitrogens with one attached hydrogen (secondary N) is 1. The largest absolute Gasteiger partial charge is 0.454 e. The summed E-state index contributed by atoms with van der Waals surface area (Å²) in [7, 11) is 0. The van der Waals surface area contributed by atoms with Crippen LogP contribution in [0.25, 0.3) is 0 Å². The molecule has 2 aromatic rings. The van der Waals surface area contributed by atoms with Crippen molar-refractivity contribution in [3.63, 3.8) is 0 Å². The van der Waals surface area contributed by atoms with E-state index in [4.69, 9.17) is 9.47 Å². The highest BCUT2D eigenvalue weighted by Gasteiger charge is 2.16. The van der Waals surface area contributed by atoms with Gasteiger partial charge in [0.15, 0.2) is 11.5 Å². The zero-order valence-electron chi connectivity index (χ0n) is 14.0. The summed E-state index contributed by atoms with van der Waals surface area (Å²) in [5, 5.41) is 2.90. The molecule has 6 heteroatoms. The van der Waals surface area contributed by atoms with Gasteiger partial charge in [0.05, 0.1) is 17.4 Å². The van der Waals surface area contributed by atoms with E-state index in [1.54, 1.807) is 24.4 Å². The number of rotatable bonds is 3. The monoisotopic (exact) mass is 339 g/mol. The third kappa shape index (κ3) is 3.52. The van der Waals surface area contributed by atoms with Crippen LogP contribution in [0.5, 0.6) is 11.5 Å². The van der Waals surface area contributed by atoms with Crippen LogP contribution in [0, 0.1) is 0 Å². The van der Waals surface area contributed by atoms with Gasteiger partial charge in [-0.25, -0.2) is 0 Å². The number of hydrogen-bond donors (Lipinski definition) is 1. The fraction of sp³-hybridized carbons (Fsp3) is 0.368. The van der Waals surface area contributed by atoms with Crippen molar-refractivity contribution in [2.75, 3.05) is 30.1 Å². The Balaban J connectivity index is 1.49. The lowest BCUT2D eigenvalue weighted by atomic mass is 10.2. The second-order valence-corrected chi connectivity index (χ2v) is 6.36. The van der Waals surface area contributed by atoms with Gasteiger partial charge in [-0.05, 0) is 31.0 Å². The number of pyridine rings is 1. The average Bonchev–Trinajstić information content (AvgIpc) is 2.93. The maximum atomic E-state index is 12.6. The molecule has 1 aromatic carbocycles. The highest BCUT2D eigenvalue weighted by molar-refractivity contribution is 6.04. The van der Waals surface area contributed by atoms with Crippen molar-refractivity contribution in [1.82, 2.24) is 4.98 Å². The summed E-state index contributed by atoms with van der Waals surface area (Å²) >= 11 is 0. The minimum absolute atomic E-state index is 0.178. The van der Waals surface area contributed by atoms with Crippen molar-refractivity contribution in [2.24, 2.45) is 0 Å². The van der Waals surface area contributed by atoms with E-state index < -0.39 is 0 Å². The molecule has 3 heterocycles. The number of fused-ring (bicyclic) bond motifs is 1. The van der Waals surface area contributed by atoms with Crippen LogP contribution in [0.15, 0.2) is 36.7 Å². The number of benzene rings is 1. The molecule has 2 aliphatic heterocycles. The third-order valence-electron chi connectivity index (χ3n) is 4.59. The lowest BCUT2D eigenvalue weighted by Gasteiger charge is -2.22. The molecule has 1 saturated heterocycles. The quantitative estimate of drug-likeness (QED) is 0.928. The van der Waals surface area contributed by atoms with Crippen LogP contribution in [-0.2, 0) is 0 Å². The lowest BCUT2D eigenvalue weighted by Crippen LogP contribution is -2.24. The van der Waals surface area contributed by atoms with Gasteiger partial charge in [-0.3, -0.25) is 9.78 Å². The van der Waals surface area contributed by atoms with E-state index in [0.717, 1.165) is 18.8 Å². The molecule has 6 nitrogen and oxygen atoms in total. The van der Waals surface area contributed by atoms with Crippen molar-refractivity contribution >= 4 is 17.3 Å². The van der Waals surface area contributed by atoms with Gasteiger partial charge in [0.25, 0.3) is 5.91 Å². The van der Waals surface area contributed by atoms with Crippen molar-refractivity contribution in [3.05, 3.63) is 42.2 Å². The Morgan fingerprint density at radius 3 is 2.64 bits per heavy atom. The van der Waals surface area contributed by atoms with Gasteiger partial charge < -0.3 is 19.7 Å². The van der Waals surface area contributed by atoms with Crippen LogP contribution in [0.2, 0.25) is 0 Å². The molecule has 1 fully saturated rings. The Labute approximate surface area is 146 Å². The Kier molecular flexibility index (Phi) is 4.41. The molecule has 0 spiro atoms. The van der Waals surface area contributed by atoms with E-state index in [1.807, 2.05) is 12.3 Å². The maximum Gasteiger partial charge on any atom is 0.257 e. The molecule has 0 saturated carbocycles. The molecule has 0 aliphatic carbocycles. The Morgan fingerprint density at radius 1 is 1.00 bits per heavy atom. The molecule has 1 N–H and O–H groups in total. The van der Waals surface area contributed by atoms with E-state index in [2.05, 4.69) is 15.2 Å². The van der Waals surface area contributed by atoms with Crippen LogP contribution in [0.4, 0.5) is 11.4 Å². The first kappa shape index (κ1) is 15.7. The smallest absolute Gasteiger partial charge is 0.257 e. The number of ether oxygens (including phenoxy) is 2. The molecular weight excluding hydrogens is 318 g/mol. The van der Waals surface area contributed by atoms with E-state index >= 15 is 0 Å². The number of nitrogens with zero attached hydrogens (tertiary/aromatic N) is 2. The minimum Gasteiger partial charge on any atom is -0.454 e. The fourth-order valence-corrected chi connectivity index (χ4v) is 3.23. The summed E-state index contributed by atoms with van der Waals surface area (Å²) in [6, 6.07) is 7.29. The summed E-state index contributed by atoms with van der Waals surface area (Å²) in [4.78, 5) is 19.2. The molecule has 130 valence electrons. The topological polar surface area (TPSA) is 63.7 Å². The number of hydrogen-bond acceptors (Lipinski definition) is 5. The first-order valence-corrected chi connectivity index (χ1v) is 8.70. The highest BCUT2D eigenvalue weighted by Crippen LogP contribution is 2.34. The van der Waals surface area contributed by atoms with E-state index in [-0.39, 0.29) is 12.7 Å². The number of amides is 1. The molecule has 4 rings (SSSR count). The number of anilines is 2. The second kappa shape index (κ2) is 7.01. The second-order valence-electron chi connectivity index (χ2n) is 6.36. The van der Waals surface area contributed by atoms with E-state index in [0.29, 0.717) is 22.7 Å². The molecular formula is C19H21N3O3. The van der Waals surface area contributed by atoms with Gasteiger partial charge in [-0.2, -0.15) is 0 Å². The SMILES string of the molecule is O=C(Nc1ccc2c(c1)OCO2)c1cncc(N2CCCCCC2)c1. The highest BCUT2D eigenvalue weighted by atomic mass is 16.7. The molecule has 0 radical (unpaired) electrons. The van der Waals surface area contributed by atoms with Crippen LogP contribution in [0.1, 0.15) is 36.0 Å². The summed E-state index contributed by atoms with van der Waals surface area (Å²) in [5.74, 6) is 1.17. The zero-order chi connectivity index (χ0) is 17.1. The third-order valence-corrected chi connectivity index (χ3v) is 4.59. The molecule has 25 heavy (non-hydrogen) atoms. The number of carbonyl (C=O) groups is 1. The fourth-order valence-electron chi connectivity index (χ4n) is 3.23. The summed E-state index contributed by atoms with van der Waals surface area (Å²) < 4.78 is 10.6. The first-order valence-electron chi connectivity index (χ1n) is 8.70. The number of carbonyl (C=O) groups excluding carboxylic acids is 1. The normalized spacial score (nSPS) is 16.4. The summed E-state index contributed by atoms with van der Waals surface area (Å²) in [6.45, 7) is 2.26. The molecule has 1 amide bonds. The van der Waals surface area contributed by atoms with Crippen molar-refractivity contribution in [3.8, 4) is 11.5 Å². The van der Waals surface area contributed by atoms with Crippen molar-refractivity contribution in [1.29, 1.82) is 0 Å². The van der Waals surface area contributed by atoms with Gasteiger partial charge in [-0.15, -0.1) is 0 Å². The van der Waals surface area contributed by atoms with Gasteiger partial charge in [0.1, 0.15) is 0 Å². The minimum atomic E-state index is -0.178. The predicted octanol–water partition coefficient (Wildman–Crippen LogP) is 3.44.